The summed E-state index contributed by atoms with van der Waals surface area (Å²) in [5.74, 6) is 0.219. The lowest BCUT2D eigenvalue weighted by Gasteiger charge is -2.21. The molecule has 1 aromatic rings. The Bertz CT molecular complexity index is 716. The van der Waals surface area contributed by atoms with Gasteiger partial charge >= 0.3 is 0 Å². The van der Waals surface area contributed by atoms with E-state index in [-0.39, 0.29) is 41.2 Å². The zero-order valence-corrected chi connectivity index (χ0v) is 19.0. The summed E-state index contributed by atoms with van der Waals surface area (Å²) in [6.07, 6.45) is 1.03. The summed E-state index contributed by atoms with van der Waals surface area (Å²) in [6, 6.07) is 5.44. The second-order valence-electron chi connectivity index (χ2n) is 6.25. The molecule has 0 spiro atoms. The predicted molar refractivity (Wildman–Crippen MR) is 116 cm³/mol. The number of rotatable bonds is 8. The third-order valence-electron chi connectivity index (χ3n) is 4.27. The Kier molecular flexibility index (Phi) is 10.5. The molecule has 0 saturated carbocycles. The highest BCUT2D eigenvalue weighted by Crippen LogP contribution is 2.17. The minimum atomic E-state index is -3.70. The molecule has 1 atom stereocenters. The summed E-state index contributed by atoms with van der Waals surface area (Å²) in [6.45, 7) is 7.88. The highest BCUT2D eigenvalue weighted by Gasteiger charge is 2.25. The Morgan fingerprint density at radius 3 is 2.78 bits per heavy atom. The fourth-order valence-corrected chi connectivity index (χ4v) is 4.15. The molecule has 2 rings (SSSR count). The molecule has 154 valence electrons. The standard InChI is InChI=1S/C18H28FN3O3S.HI/c1-3-20-18(22-11-9-15(13-22)14-25-4-2)21-10-12-26(23,24)17-8-6-5-7-16(17)19;/h5-8,15H,3-4,9-14H2,1-2H3,(H,20,21);1H. The summed E-state index contributed by atoms with van der Waals surface area (Å²) >= 11 is 0. The van der Waals surface area contributed by atoms with Gasteiger partial charge in [0.2, 0.25) is 0 Å². The first kappa shape index (κ1) is 24.1. The summed E-state index contributed by atoms with van der Waals surface area (Å²) in [5, 5.41) is 3.20. The number of likely N-dealkylation sites (tertiary alicyclic amines) is 1. The molecule has 1 aromatic carbocycles. The maximum absolute atomic E-state index is 13.7. The first-order valence-electron chi connectivity index (χ1n) is 9.06. The van der Waals surface area contributed by atoms with Crippen LogP contribution in [-0.4, -0.2) is 64.4 Å². The van der Waals surface area contributed by atoms with Crippen molar-refractivity contribution in [2.24, 2.45) is 10.9 Å². The molecule has 0 bridgehead atoms. The first-order valence-corrected chi connectivity index (χ1v) is 10.7. The van der Waals surface area contributed by atoms with Crippen LogP contribution in [0.1, 0.15) is 20.3 Å². The number of nitrogens with one attached hydrogen (secondary N) is 1. The van der Waals surface area contributed by atoms with E-state index in [0.29, 0.717) is 25.0 Å². The van der Waals surface area contributed by atoms with Gasteiger partial charge in [-0.15, -0.1) is 24.0 Å². The van der Waals surface area contributed by atoms with Gasteiger partial charge in [0.05, 0.1) is 18.9 Å². The van der Waals surface area contributed by atoms with E-state index in [1.54, 1.807) is 0 Å². The van der Waals surface area contributed by atoms with E-state index in [0.717, 1.165) is 32.2 Å². The van der Waals surface area contributed by atoms with Crippen molar-refractivity contribution in [3.05, 3.63) is 30.1 Å². The van der Waals surface area contributed by atoms with Gasteiger partial charge in [0.25, 0.3) is 0 Å². The van der Waals surface area contributed by atoms with Crippen LogP contribution in [-0.2, 0) is 14.6 Å². The van der Waals surface area contributed by atoms with Crippen LogP contribution in [0.15, 0.2) is 34.2 Å². The lowest BCUT2D eigenvalue weighted by atomic mass is 10.1. The van der Waals surface area contributed by atoms with Crippen molar-refractivity contribution in [3.63, 3.8) is 0 Å². The Morgan fingerprint density at radius 1 is 1.37 bits per heavy atom. The number of halogens is 2. The van der Waals surface area contributed by atoms with Crippen LogP contribution in [0.4, 0.5) is 4.39 Å². The van der Waals surface area contributed by atoms with Gasteiger partial charge in [-0.1, -0.05) is 12.1 Å². The second-order valence-corrected chi connectivity index (χ2v) is 8.32. The van der Waals surface area contributed by atoms with Crippen molar-refractivity contribution in [1.29, 1.82) is 0 Å². The summed E-state index contributed by atoms with van der Waals surface area (Å²) in [4.78, 5) is 6.30. The molecule has 27 heavy (non-hydrogen) atoms. The smallest absolute Gasteiger partial charge is 0.193 e. The molecule has 1 fully saturated rings. The van der Waals surface area contributed by atoms with Crippen LogP contribution in [0.2, 0.25) is 0 Å². The Hall–Kier alpha value is -0.940. The highest BCUT2D eigenvalue weighted by molar-refractivity contribution is 14.0. The van der Waals surface area contributed by atoms with E-state index in [1.807, 2.05) is 13.8 Å². The molecule has 1 heterocycles. The SMILES string of the molecule is CCNC(=NCCS(=O)(=O)c1ccccc1F)N1CCC(COCC)C1.I. The molecule has 9 heteroatoms. The van der Waals surface area contributed by atoms with Gasteiger partial charge in [-0.3, -0.25) is 4.99 Å². The summed E-state index contributed by atoms with van der Waals surface area (Å²) < 4.78 is 43.9. The first-order chi connectivity index (χ1) is 12.5. The predicted octanol–water partition coefficient (Wildman–Crippen LogP) is 2.54. The quantitative estimate of drug-likeness (QED) is 0.329. The number of hydrogen-bond acceptors (Lipinski definition) is 4. The number of aliphatic imine (C=N–C) groups is 1. The van der Waals surface area contributed by atoms with Gasteiger partial charge in [0.1, 0.15) is 10.7 Å². The molecule has 1 saturated heterocycles. The second kappa shape index (κ2) is 11.8. The van der Waals surface area contributed by atoms with E-state index in [1.165, 1.54) is 18.2 Å². The van der Waals surface area contributed by atoms with Crippen molar-refractivity contribution in [2.75, 3.05) is 45.1 Å². The monoisotopic (exact) mass is 513 g/mol. The molecule has 1 aliphatic rings. The number of nitrogens with zero attached hydrogens (tertiary/aromatic N) is 2. The van der Waals surface area contributed by atoms with Crippen molar-refractivity contribution in [1.82, 2.24) is 10.2 Å². The van der Waals surface area contributed by atoms with Crippen LogP contribution in [0.25, 0.3) is 0 Å². The van der Waals surface area contributed by atoms with Gasteiger partial charge in [-0.05, 0) is 32.4 Å². The molecular weight excluding hydrogens is 484 g/mol. The Morgan fingerprint density at radius 2 is 2.11 bits per heavy atom. The fourth-order valence-electron chi connectivity index (χ4n) is 2.95. The average Bonchev–Trinajstić information content (AvgIpc) is 3.08. The summed E-state index contributed by atoms with van der Waals surface area (Å²) in [5.41, 5.74) is 0. The third kappa shape index (κ3) is 7.19. The van der Waals surface area contributed by atoms with Gasteiger partial charge in [-0.25, -0.2) is 12.8 Å². The van der Waals surface area contributed by atoms with Gasteiger partial charge in [0.15, 0.2) is 15.8 Å². The minimum absolute atomic E-state index is 0. The number of hydrogen-bond donors (Lipinski definition) is 1. The summed E-state index contributed by atoms with van der Waals surface area (Å²) in [7, 11) is -3.70. The third-order valence-corrected chi connectivity index (χ3v) is 5.99. The largest absolute Gasteiger partial charge is 0.381 e. The molecule has 1 N–H and O–H groups in total. The van der Waals surface area contributed by atoms with E-state index in [4.69, 9.17) is 4.74 Å². The zero-order valence-electron chi connectivity index (χ0n) is 15.9. The van der Waals surface area contributed by atoms with Crippen LogP contribution in [0.3, 0.4) is 0 Å². The Balaban J connectivity index is 0.00000364. The Labute approximate surface area is 178 Å². The van der Waals surface area contributed by atoms with Crippen molar-refractivity contribution in [2.45, 2.75) is 25.2 Å². The molecule has 0 aromatic heterocycles. The molecule has 1 unspecified atom stereocenters. The van der Waals surface area contributed by atoms with Gasteiger partial charge < -0.3 is 15.0 Å². The number of guanidine groups is 1. The van der Waals surface area contributed by atoms with Crippen molar-refractivity contribution in [3.8, 4) is 0 Å². The number of benzene rings is 1. The van der Waals surface area contributed by atoms with Crippen molar-refractivity contribution < 1.29 is 17.5 Å². The van der Waals surface area contributed by atoms with E-state index in [2.05, 4.69) is 15.2 Å². The van der Waals surface area contributed by atoms with E-state index < -0.39 is 15.7 Å². The maximum Gasteiger partial charge on any atom is 0.193 e. The van der Waals surface area contributed by atoms with Crippen LogP contribution < -0.4 is 5.32 Å². The highest BCUT2D eigenvalue weighted by atomic mass is 127. The van der Waals surface area contributed by atoms with E-state index >= 15 is 0 Å². The van der Waals surface area contributed by atoms with Crippen LogP contribution in [0.5, 0.6) is 0 Å². The lowest BCUT2D eigenvalue weighted by Crippen LogP contribution is -2.40. The average molecular weight is 513 g/mol. The molecule has 6 nitrogen and oxygen atoms in total. The molecule has 0 radical (unpaired) electrons. The lowest BCUT2D eigenvalue weighted by molar-refractivity contribution is 0.114. The van der Waals surface area contributed by atoms with Gasteiger partial charge in [-0.2, -0.15) is 0 Å². The normalized spacial score (nSPS) is 17.7. The van der Waals surface area contributed by atoms with E-state index in [9.17, 15) is 12.8 Å². The number of sulfone groups is 1. The molecular formula is C18H29FIN3O3S. The minimum Gasteiger partial charge on any atom is -0.381 e. The van der Waals surface area contributed by atoms with Crippen molar-refractivity contribution >= 4 is 39.8 Å². The fraction of sp³-hybridized carbons (Fsp3) is 0.611. The molecule has 1 aliphatic heterocycles. The van der Waals surface area contributed by atoms with Crippen LogP contribution in [0, 0.1) is 11.7 Å². The van der Waals surface area contributed by atoms with Gasteiger partial charge in [0, 0.05) is 32.2 Å². The maximum atomic E-state index is 13.7. The number of ether oxygens (including phenoxy) is 1. The molecule has 0 aliphatic carbocycles. The zero-order chi connectivity index (χ0) is 19.0. The van der Waals surface area contributed by atoms with Crippen LogP contribution >= 0.6 is 24.0 Å². The topological polar surface area (TPSA) is 71.0 Å². The molecule has 0 amide bonds.